The molecule has 0 spiro atoms. The van der Waals surface area contributed by atoms with Crippen LogP contribution < -0.4 is 24.3 Å². The van der Waals surface area contributed by atoms with Gasteiger partial charge in [-0.15, -0.1) is 0 Å². The zero-order valence-electron chi connectivity index (χ0n) is 26.2. The number of methoxy groups -OCH3 is 2. The van der Waals surface area contributed by atoms with Crippen LogP contribution in [0.2, 0.25) is 0 Å². The summed E-state index contributed by atoms with van der Waals surface area (Å²) in [5.74, 6) is 1.22. The third-order valence-corrected chi connectivity index (χ3v) is 8.41. The lowest BCUT2D eigenvalue weighted by molar-refractivity contribution is -0.121. The molecule has 10 heteroatoms. The Labute approximate surface area is 272 Å². The van der Waals surface area contributed by atoms with E-state index in [0.717, 1.165) is 28.3 Å². The molecule has 3 aliphatic heterocycles. The largest absolute Gasteiger partial charge is 0.493 e. The van der Waals surface area contributed by atoms with Gasteiger partial charge < -0.3 is 29.2 Å². The van der Waals surface area contributed by atoms with E-state index >= 15 is 4.39 Å². The first kappa shape index (κ1) is 31.4. The topological polar surface area (TPSA) is 110 Å². The van der Waals surface area contributed by atoms with Crippen molar-refractivity contribution in [2.45, 2.75) is 31.7 Å². The van der Waals surface area contributed by atoms with Gasteiger partial charge in [-0.3, -0.25) is 9.59 Å². The fourth-order valence-electron chi connectivity index (χ4n) is 6.05. The van der Waals surface area contributed by atoms with Gasteiger partial charge in [-0.05, 0) is 96.1 Å². The average Bonchev–Trinajstić information content (AvgIpc) is 3.09. The Kier molecular flexibility index (Phi) is 9.25. The van der Waals surface area contributed by atoms with Crippen molar-refractivity contribution >= 4 is 11.8 Å². The molecule has 2 amide bonds. The van der Waals surface area contributed by atoms with Crippen molar-refractivity contribution in [1.82, 2.24) is 10.2 Å². The Morgan fingerprint density at radius 3 is 2.62 bits per heavy atom. The maximum absolute atomic E-state index is 15.2. The summed E-state index contributed by atoms with van der Waals surface area (Å²) in [5, 5.41) is 12.2. The van der Waals surface area contributed by atoms with Crippen molar-refractivity contribution in [3.63, 3.8) is 0 Å². The number of nitrogens with zero attached hydrogens (tertiary/aromatic N) is 2. The Bertz CT molecular complexity index is 1870. The number of hydrogen-bond acceptors (Lipinski definition) is 7. The van der Waals surface area contributed by atoms with Gasteiger partial charge >= 0.3 is 0 Å². The summed E-state index contributed by atoms with van der Waals surface area (Å²) in [4.78, 5) is 28.2. The van der Waals surface area contributed by atoms with Crippen molar-refractivity contribution in [2.75, 3.05) is 33.9 Å². The molecule has 0 aromatic heterocycles. The fraction of sp³-hybridized carbons (Fsp3) is 0.270. The molecule has 3 aliphatic rings. The first-order valence-corrected chi connectivity index (χ1v) is 15.4. The van der Waals surface area contributed by atoms with Crippen LogP contribution in [-0.2, 0) is 17.6 Å². The molecule has 1 unspecified atom stereocenters. The lowest BCUT2D eigenvalue weighted by Gasteiger charge is -2.38. The Morgan fingerprint density at radius 2 is 1.83 bits per heavy atom. The van der Waals surface area contributed by atoms with E-state index in [1.54, 1.807) is 25.2 Å². The van der Waals surface area contributed by atoms with Gasteiger partial charge in [0, 0.05) is 19.5 Å². The molecule has 1 N–H and O–H groups in total. The Balaban J connectivity index is 1.48. The number of aryl methyl sites for hydroxylation is 1. The van der Waals surface area contributed by atoms with Crippen LogP contribution in [-0.4, -0.2) is 50.6 Å². The number of rotatable bonds is 3. The molecule has 0 radical (unpaired) electrons. The van der Waals surface area contributed by atoms with E-state index in [9.17, 15) is 14.9 Å². The van der Waals surface area contributed by atoms with Crippen molar-refractivity contribution in [3.8, 4) is 34.8 Å². The molecular formula is C37H34FN3O6. The number of benzene rings is 4. The van der Waals surface area contributed by atoms with E-state index in [2.05, 4.69) is 5.32 Å². The van der Waals surface area contributed by atoms with Crippen molar-refractivity contribution < 1.29 is 32.9 Å². The molecule has 0 saturated carbocycles. The Hall–Kier alpha value is -5.56. The summed E-state index contributed by atoms with van der Waals surface area (Å²) in [7, 11) is 3.10. The molecular weight excluding hydrogens is 601 g/mol. The second-order valence-electron chi connectivity index (χ2n) is 11.4. The number of nitrogens with one attached hydrogen (secondary N) is 1. The van der Waals surface area contributed by atoms with Crippen LogP contribution in [0.15, 0.2) is 72.8 Å². The zero-order chi connectivity index (χ0) is 32.9. The van der Waals surface area contributed by atoms with Crippen LogP contribution in [0, 0.1) is 17.1 Å². The maximum Gasteiger partial charge on any atom is 0.257 e. The number of nitriles is 1. The van der Waals surface area contributed by atoms with Crippen LogP contribution in [0.25, 0.3) is 0 Å². The lowest BCUT2D eigenvalue weighted by atomic mass is 9.87. The summed E-state index contributed by atoms with van der Waals surface area (Å²) in [6.45, 7) is 1.05. The molecule has 0 aliphatic carbocycles. The van der Waals surface area contributed by atoms with E-state index in [-0.39, 0.29) is 17.0 Å². The van der Waals surface area contributed by atoms with Gasteiger partial charge in [-0.2, -0.15) is 5.26 Å². The lowest BCUT2D eigenvalue weighted by Crippen LogP contribution is -2.41. The minimum atomic E-state index is -0.763. The van der Waals surface area contributed by atoms with Crippen molar-refractivity contribution in [1.29, 1.82) is 5.26 Å². The van der Waals surface area contributed by atoms with E-state index in [0.29, 0.717) is 74.1 Å². The molecule has 9 nitrogen and oxygen atoms in total. The molecule has 0 saturated heterocycles. The summed E-state index contributed by atoms with van der Waals surface area (Å²) >= 11 is 0. The van der Waals surface area contributed by atoms with Gasteiger partial charge in [-0.25, -0.2) is 4.39 Å². The monoisotopic (exact) mass is 635 g/mol. The zero-order valence-corrected chi connectivity index (χ0v) is 26.2. The van der Waals surface area contributed by atoms with Gasteiger partial charge in [0.2, 0.25) is 5.91 Å². The summed E-state index contributed by atoms with van der Waals surface area (Å²) < 4.78 is 39.1. The van der Waals surface area contributed by atoms with Crippen LogP contribution in [0.1, 0.15) is 57.1 Å². The van der Waals surface area contributed by atoms with Gasteiger partial charge in [0.25, 0.3) is 5.91 Å². The number of hydrogen-bond donors (Lipinski definition) is 1. The smallest absolute Gasteiger partial charge is 0.257 e. The van der Waals surface area contributed by atoms with Crippen molar-refractivity contribution in [3.05, 3.63) is 112 Å². The first-order chi connectivity index (χ1) is 22.9. The number of halogens is 1. The number of carbonyl (C=O) groups excluding carboxylic acids is 2. The standard InChI is InChI=1S/C37H34FN3O6/c1-44-31-11-9-26-20-33(31)46-16-4-14-40-35(42)12-8-23-5-3-6-27(17-23)47-34-19-25-13-15-41(36(26)29(25)21-32(34)45-2)37(43)28-10-7-24(22-39)18-30(28)38/h3,5-7,9-11,17-21,36H,4,8,12-16H2,1-2H3,(H,40,42). The summed E-state index contributed by atoms with van der Waals surface area (Å²) in [6, 6.07) is 22.0. The van der Waals surface area contributed by atoms with E-state index in [1.165, 1.54) is 12.1 Å². The number of carbonyl (C=O) groups is 2. The molecule has 1 atom stereocenters. The molecule has 4 aromatic rings. The maximum atomic E-state index is 15.2. The first-order valence-electron chi connectivity index (χ1n) is 15.4. The van der Waals surface area contributed by atoms with Crippen LogP contribution in [0.4, 0.5) is 4.39 Å². The third kappa shape index (κ3) is 6.70. The van der Waals surface area contributed by atoms with Gasteiger partial charge in [-0.1, -0.05) is 18.2 Å². The van der Waals surface area contributed by atoms with Crippen LogP contribution >= 0.6 is 0 Å². The molecule has 0 fully saturated rings. The predicted octanol–water partition coefficient (Wildman–Crippen LogP) is 6.13. The van der Waals surface area contributed by atoms with E-state index in [1.807, 2.05) is 54.6 Å². The van der Waals surface area contributed by atoms with Crippen LogP contribution in [0.3, 0.4) is 0 Å². The van der Waals surface area contributed by atoms with Gasteiger partial charge in [0.1, 0.15) is 11.6 Å². The molecule has 3 heterocycles. The SMILES string of the molecule is COc1ccc2cc1OCCCNC(=O)CCc1cccc(c1)Oc1cc3c(cc1OC)C2N(C(=O)c1ccc(C#N)cc1F)CC3. The summed E-state index contributed by atoms with van der Waals surface area (Å²) in [5.41, 5.74) is 3.42. The molecule has 47 heavy (non-hydrogen) atoms. The normalized spacial score (nSPS) is 16.2. The fourth-order valence-corrected chi connectivity index (χ4v) is 6.05. The van der Waals surface area contributed by atoms with E-state index in [4.69, 9.17) is 18.9 Å². The molecule has 4 aromatic carbocycles. The summed E-state index contributed by atoms with van der Waals surface area (Å²) in [6.07, 6.45) is 1.93. The highest BCUT2D eigenvalue weighted by molar-refractivity contribution is 5.95. The van der Waals surface area contributed by atoms with Crippen molar-refractivity contribution in [2.24, 2.45) is 0 Å². The van der Waals surface area contributed by atoms with Gasteiger partial charge in [0.15, 0.2) is 23.0 Å². The average molecular weight is 636 g/mol. The second kappa shape index (κ2) is 13.8. The molecule has 7 rings (SSSR count). The number of ether oxygens (including phenoxy) is 4. The minimum absolute atomic E-state index is 0.0550. The van der Waals surface area contributed by atoms with Gasteiger partial charge in [0.05, 0.1) is 44.1 Å². The number of fused-ring (bicyclic) bond motifs is 8. The Morgan fingerprint density at radius 1 is 0.979 bits per heavy atom. The van der Waals surface area contributed by atoms with E-state index < -0.39 is 17.8 Å². The minimum Gasteiger partial charge on any atom is -0.493 e. The second-order valence-corrected chi connectivity index (χ2v) is 11.4. The highest BCUT2D eigenvalue weighted by Crippen LogP contribution is 2.44. The molecule has 8 bridgehead atoms. The number of amides is 2. The predicted molar refractivity (Wildman–Crippen MR) is 172 cm³/mol. The highest BCUT2D eigenvalue weighted by atomic mass is 19.1. The highest BCUT2D eigenvalue weighted by Gasteiger charge is 2.35. The third-order valence-electron chi connectivity index (χ3n) is 8.41. The van der Waals surface area contributed by atoms with Crippen LogP contribution in [0.5, 0.6) is 28.7 Å². The molecule has 240 valence electrons. The quantitative estimate of drug-likeness (QED) is 0.289.